The molecular weight excluding hydrogens is 169 g/mol. The zero-order valence-electron chi connectivity index (χ0n) is 7.66. The first kappa shape index (κ1) is 9.99. The van der Waals surface area contributed by atoms with Crippen molar-refractivity contribution in [3.05, 3.63) is 29.7 Å². The van der Waals surface area contributed by atoms with E-state index in [0.29, 0.717) is 24.3 Å². The van der Waals surface area contributed by atoms with Gasteiger partial charge in [-0.05, 0) is 43.7 Å². The highest BCUT2D eigenvalue weighted by Gasteiger charge is 2.07. The van der Waals surface area contributed by atoms with Crippen LogP contribution in [0.2, 0.25) is 0 Å². The average Bonchev–Trinajstić information content (AvgIpc) is 2.57. The molecule has 0 radical (unpaired) electrons. The van der Waals surface area contributed by atoms with Gasteiger partial charge in [0, 0.05) is 0 Å². The first-order chi connectivity index (χ1) is 6.24. The summed E-state index contributed by atoms with van der Waals surface area (Å²) in [5.41, 5.74) is 5.90. The van der Waals surface area contributed by atoms with Crippen molar-refractivity contribution in [2.45, 2.75) is 19.5 Å². The third kappa shape index (κ3) is 3.03. The SMILES string of the molecule is C/C(=C\c1ccco1)C(F)CCN. The summed E-state index contributed by atoms with van der Waals surface area (Å²) in [6, 6.07) is 3.56. The van der Waals surface area contributed by atoms with Gasteiger partial charge < -0.3 is 10.2 Å². The minimum absolute atomic E-state index is 0.364. The van der Waals surface area contributed by atoms with Crippen LogP contribution in [-0.2, 0) is 0 Å². The maximum absolute atomic E-state index is 13.2. The zero-order valence-corrected chi connectivity index (χ0v) is 7.66. The number of hydrogen-bond donors (Lipinski definition) is 1. The molecule has 0 spiro atoms. The van der Waals surface area contributed by atoms with Crippen molar-refractivity contribution in [1.82, 2.24) is 0 Å². The van der Waals surface area contributed by atoms with E-state index in [1.165, 1.54) is 0 Å². The quantitative estimate of drug-likeness (QED) is 0.778. The molecule has 13 heavy (non-hydrogen) atoms. The second kappa shape index (κ2) is 4.82. The molecule has 1 heterocycles. The normalized spacial score (nSPS) is 14.5. The average molecular weight is 183 g/mol. The molecule has 1 aromatic rings. The van der Waals surface area contributed by atoms with Gasteiger partial charge >= 0.3 is 0 Å². The van der Waals surface area contributed by atoms with Crippen LogP contribution in [0, 0.1) is 0 Å². The number of rotatable bonds is 4. The molecule has 0 aliphatic rings. The standard InChI is InChI=1S/C10H14FNO/c1-8(10(11)4-5-12)7-9-3-2-6-13-9/h2-3,6-7,10H,4-5,12H2,1H3/b8-7+. The first-order valence-corrected chi connectivity index (χ1v) is 4.30. The van der Waals surface area contributed by atoms with E-state index in [-0.39, 0.29) is 0 Å². The van der Waals surface area contributed by atoms with Crippen LogP contribution in [0.25, 0.3) is 6.08 Å². The zero-order chi connectivity index (χ0) is 9.68. The summed E-state index contributed by atoms with van der Waals surface area (Å²) in [6.45, 7) is 2.10. The summed E-state index contributed by atoms with van der Waals surface area (Å²) in [7, 11) is 0. The Hall–Kier alpha value is -1.09. The Labute approximate surface area is 77.2 Å². The van der Waals surface area contributed by atoms with Crippen LogP contribution in [0.4, 0.5) is 4.39 Å². The van der Waals surface area contributed by atoms with E-state index >= 15 is 0 Å². The van der Waals surface area contributed by atoms with E-state index in [1.54, 1.807) is 31.4 Å². The topological polar surface area (TPSA) is 39.2 Å². The van der Waals surface area contributed by atoms with Crippen molar-refractivity contribution < 1.29 is 8.81 Å². The number of furan rings is 1. The van der Waals surface area contributed by atoms with Gasteiger partial charge in [-0.25, -0.2) is 4.39 Å². The van der Waals surface area contributed by atoms with Gasteiger partial charge in [0.1, 0.15) is 11.9 Å². The Kier molecular flexibility index (Phi) is 3.71. The monoisotopic (exact) mass is 183 g/mol. The second-order valence-electron chi connectivity index (χ2n) is 2.95. The lowest BCUT2D eigenvalue weighted by molar-refractivity contribution is 0.366. The van der Waals surface area contributed by atoms with Gasteiger partial charge in [-0.1, -0.05) is 0 Å². The van der Waals surface area contributed by atoms with E-state index in [2.05, 4.69) is 0 Å². The van der Waals surface area contributed by atoms with Gasteiger partial charge in [-0.2, -0.15) is 0 Å². The van der Waals surface area contributed by atoms with Crippen molar-refractivity contribution in [2.24, 2.45) is 5.73 Å². The summed E-state index contributed by atoms with van der Waals surface area (Å²) in [5.74, 6) is 0.678. The molecule has 0 saturated carbocycles. The Morgan fingerprint density at radius 2 is 2.54 bits per heavy atom. The highest BCUT2D eigenvalue weighted by Crippen LogP contribution is 2.14. The highest BCUT2D eigenvalue weighted by atomic mass is 19.1. The summed E-state index contributed by atoms with van der Waals surface area (Å²) < 4.78 is 18.3. The van der Waals surface area contributed by atoms with E-state index in [0.717, 1.165) is 0 Å². The summed E-state index contributed by atoms with van der Waals surface area (Å²) >= 11 is 0. The number of hydrogen-bond acceptors (Lipinski definition) is 2. The lowest BCUT2D eigenvalue weighted by Crippen LogP contribution is -2.09. The molecule has 1 unspecified atom stereocenters. The molecule has 2 nitrogen and oxygen atoms in total. The van der Waals surface area contributed by atoms with Gasteiger partial charge in [0.05, 0.1) is 6.26 Å². The Balaban J connectivity index is 2.60. The van der Waals surface area contributed by atoms with Crippen molar-refractivity contribution in [3.63, 3.8) is 0 Å². The van der Waals surface area contributed by atoms with Crippen molar-refractivity contribution >= 4 is 6.08 Å². The fraction of sp³-hybridized carbons (Fsp3) is 0.400. The van der Waals surface area contributed by atoms with Crippen molar-refractivity contribution in [2.75, 3.05) is 6.54 Å². The summed E-state index contributed by atoms with van der Waals surface area (Å²) in [5, 5.41) is 0. The maximum Gasteiger partial charge on any atom is 0.126 e. The number of allylic oxidation sites excluding steroid dienone is 1. The molecule has 0 aliphatic heterocycles. The first-order valence-electron chi connectivity index (χ1n) is 4.30. The largest absolute Gasteiger partial charge is 0.465 e. The van der Waals surface area contributed by atoms with Gasteiger partial charge in [0.25, 0.3) is 0 Å². The van der Waals surface area contributed by atoms with Crippen molar-refractivity contribution in [1.29, 1.82) is 0 Å². The van der Waals surface area contributed by atoms with Crippen LogP contribution in [0.5, 0.6) is 0 Å². The smallest absolute Gasteiger partial charge is 0.126 e. The molecule has 0 bridgehead atoms. The minimum Gasteiger partial charge on any atom is -0.465 e. The molecular formula is C10H14FNO. The summed E-state index contributed by atoms with van der Waals surface area (Å²) in [4.78, 5) is 0. The summed E-state index contributed by atoms with van der Waals surface area (Å²) in [6.07, 6.45) is 2.66. The number of halogens is 1. The second-order valence-corrected chi connectivity index (χ2v) is 2.95. The van der Waals surface area contributed by atoms with Gasteiger partial charge in [0.15, 0.2) is 0 Å². The molecule has 3 heteroatoms. The molecule has 2 N–H and O–H groups in total. The molecule has 0 amide bonds. The highest BCUT2D eigenvalue weighted by molar-refractivity contribution is 5.47. The minimum atomic E-state index is -0.963. The maximum atomic E-state index is 13.2. The third-order valence-corrected chi connectivity index (χ3v) is 1.83. The van der Waals surface area contributed by atoms with Crippen LogP contribution in [0.1, 0.15) is 19.1 Å². The predicted octanol–water partition coefficient (Wildman–Crippen LogP) is 2.37. The lowest BCUT2D eigenvalue weighted by atomic mass is 10.1. The fourth-order valence-electron chi connectivity index (χ4n) is 1.06. The van der Waals surface area contributed by atoms with E-state index in [1.807, 2.05) is 0 Å². The lowest BCUT2D eigenvalue weighted by Gasteiger charge is -2.05. The Bertz CT molecular complexity index is 266. The third-order valence-electron chi connectivity index (χ3n) is 1.83. The van der Waals surface area contributed by atoms with Gasteiger partial charge in [0.2, 0.25) is 0 Å². The van der Waals surface area contributed by atoms with Gasteiger partial charge in [-0.3, -0.25) is 0 Å². The van der Waals surface area contributed by atoms with Crippen LogP contribution in [-0.4, -0.2) is 12.7 Å². The predicted molar refractivity (Wildman–Crippen MR) is 50.9 cm³/mol. The molecule has 0 saturated heterocycles. The molecule has 72 valence electrons. The van der Waals surface area contributed by atoms with Crippen LogP contribution in [0.3, 0.4) is 0 Å². The molecule has 1 rings (SSSR count). The molecule has 0 aromatic carbocycles. The van der Waals surface area contributed by atoms with Crippen LogP contribution in [0.15, 0.2) is 28.4 Å². The van der Waals surface area contributed by atoms with E-state index in [9.17, 15) is 4.39 Å². The molecule has 1 aromatic heterocycles. The number of nitrogens with two attached hydrogens (primary N) is 1. The van der Waals surface area contributed by atoms with Crippen molar-refractivity contribution in [3.8, 4) is 0 Å². The number of alkyl halides is 1. The van der Waals surface area contributed by atoms with Crippen LogP contribution < -0.4 is 5.73 Å². The molecule has 0 aliphatic carbocycles. The Morgan fingerprint density at radius 3 is 3.08 bits per heavy atom. The molecule has 1 atom stereocenters. The van der Waals surface area contributed by atoms with E-state index in [4.69, 9.17) is 10.2 Å². The van der Waals surface area contributed by atoms with Crippen LogP contribution >= 0.6 is 0 Å². The molecule has 0 fully saturated rings. The Morgan fingerprint density at radius 1 is 1.77 bits per heavy atom. The van der Waals surface area contributed by atoms with Gasteiger partial charge in [-0.15, -0.1) is 0 Å². The van der Waals surface area contributed by atoms with E-state index < -0.39 is 6.17 Å². The fourth-order valence-corrected chi connectivity index (χ4v) is 1.06.